The summed E-state index contributed by atoms with van der Waals surface area (Å²) in [7, 11) is 0. The number of hydrogen-bond donors (Lipinski definition) is 1. The smallest absolute Gasteiger partial charge is 0.141 e. The van der Waals surface area contributed by atoms with Crippen molar-refractivity contribution >= 4 is 28.4 Å². The van der Waals surface area contributed by atoms with E-state index >= 15 is 0 Å². The Kier molecular flexibility index (Phi) is 3.01. The first kappa shape index (κ1) is 12.1. The summed E-state index contributed by atoms with van der Waals surface area (Å²) >= 11 is 0. The molecule has 3 rings (SSSR count). The fraction of sp³-hybridized carbons (Fsp3) is 0. The van der Waals surface area contributed by atoms with E-state index in [4.69, 9.17) is 0 Å². The van der Waals surface area contributed by atoms with Crippen LogP contribution in [-0.4, -0.2) is 15.9 Å². The molecule has 5 nitrogen and oxygen atoms in total. The standard InChI is InChI=1S/C15H11N3O2/c19-15(20)10-5-7-11(8-6-10)18-14-12-3-1-2-4-13(12)16-9-17-14/h1-9H,(H,19,20)(H,16,17,18)/p-1. The number of aromatic carboxylic acids is 1. The number of carboxylic acids is 1. The highest BCUT2D eigenvalue weighted by Gasteiger charge is 2.03. The molecule has 0 aliphatic carbocycles. The molecule has 0 bridgehead atoms. The fourth-order valence-electron chi connectivity index (χ4n) is 1.93. The van der Waals surface area contributed by atoms with Crippen molar-refractivity contribution in [2.45, 2.75) is 0 Å². The van der Waals surface area contributed by atoms with Crippen LogP contribution in [0.4, 0.5) is 11.5 Å². The van der Waals surface area contributed by atoms with Crippen LogP contribution in [0.5, 0.6) is 0 Å². The molecule has 1 N–H and O–H groups in total. The van der Waals surface area contributed by atoms with E-state index in [9.17, 15) is 9.90 Å². The highest BCUT2D eigenvalue weighted by molar-refractivity contribution is 5.91. The Morgan fingerprint density at radius 2 is 1.75 bits per heavy atom. The molecule has 2 aromatic carbocycles. The van der Waals surface area contributed by atoms with Crippen molar-refractivity contribution in [3.05, 3.63) is 60.4 Å². The number of anilines is 2. The van der Waals surface area contributed by atoms with Gasteiger partial charge in [-0.2, -0.15) is 0 Å². The SMILES string of the molecule is O=C([O-])c1ccc(Nc2ncnc3ccccc23)cc1. The lowest BCUT2D eigenvalue weighted by Crippen LogP contribution is -2.21. The van der Waals surface area contributed by atoms with E-state index in [2.05, 4.69) is 15.3 Å². The normalized spacial score (nSPS) is 10.4. The molecule has 0 aliphatic heterocycles. The summed E-state index contributed by atoms with van der Waals surface area (Å²) < 4.78 is 0. The quantitative estimate of drug-likeness (QED) is 0.779. The summed E-state index contributed by atoms with van der Waals surface area (Å²) in [6, 6.07) is 14.0. The Bertz CT molecular complexity index is 764. The molecule has 1 aromatic heterocycles. The molecule has 0 saturated carbocycles. The topological polar surface area (TPSA) is 77.9 Å². The third kappa shape index (κ3) is 2.29. The molecule has 1 heterocycles. The minimum Gasteiger partial charge on any atom is -0.545 e. The van der Waals surface area contributed by atoms with Gasteiger partial charge >= 0.3 is 0 Å². The van der Waals surface area contributed by atoms with Crippen LogP contribution in [0.15, 0.2) is 54.9 Å². The molecule has 0 saturated heterocycles. The Labute approximate surface area is 114 Å². The minimum absolute atomic E-state index is 0.142. The lowest BCUT2D eigenvalue weighted by atomic mass is 10.2. The molecule has 5 heteroatoms. The Morgan fingerprint density at radius 1 is 1.00 bits per heavy atom. The predicted molar refractivity (Wildman–Crippen MR) is 73.6 cm³/mol. The molecule has 0 atom stereocenters. The summed E-state index contributed by atoms with van der Waals surface area (Å²) in [6.45, 7) is 0. The highest BCUT2D eigenvalue weighted by Crippen LogP contribution is 2.22. The van der Waals surface area contributed by atoms with Gasteiger partial charge in [-0.3, -0.25) is 0 Å². The molecule has 0 amide bonds. The lowest BCUT2D eigenvalue weighted by Gasteiger charge is -2.09. The molecule has 0 radical (unpaired) electrons. The molecule has 98 valence electrons. The molecular formula is C15H10N3O2-. The van der Waals surface area contributed by atoms with E-state index in [0.29, 0.717) is 5.82 Å². The summed E-state index contributed by atoms with van der Waals surface area (Å²) in [6.07, 6.45) is 1.49. The van der Waals surface area contributed by atoms with Gasteiger partial charge in [0, 0.05) is 11.1 Å². The maximum atomic E-state index is 10.7. The number of aromatic nitrogens is 2. The summed E-state index contributed by atoms with van der Waals surface area (Å²) in [4.78, 5) is 19.1. The van der Waals surface area contributed by atoms with Crippen molar-refractivity contribution in [1.29, 1.82) is 0 Å². The zero-order valence-electron chi connectivity index (χ0n) is 10.4. The number of rotatable bonds is 3. The van der Waals surface area contributed by atoms with E-state index in [-0.39, 0.29) is 5.56 Å². The molecule has 0 aliphatic rings. The average molecular weight is 264 g/mol. The first-order chi connectivity index (χ1) is 9.74. The zero-order valence-corrected chi connectivity index (χ0v) is 10.4. The number of para-hydroxylation sites is 1. The molecule has 3 aromatic rings. The monoisotopic (exact) mass is 264 g/mol. The number of carbonyl (C=O) groups excluding carboxylic acids is 1. The number of carboxylic acid groups (broad SMARTS) is 1. The second kappa shape index (κ2) is 4.97. The molecular weight excluding hydrogens is 254 g/mol. The van der Waals surface area contributed by atoms with Crippen LogP contribution >= 0.6 is 0 Å². The molecule has 0 spiro atoms. The van der Waals surface area contributed by atoms with Crippen LogP contribution < -0.4 is 10.4 Å². The van der Waals surface area contributed by atoms with Crippen LogP contribution in [0.1, 0.15) is 10.4 Å². The fourth-order valence-corrected chi connectivity index (χ4v) is 1.93. The third-order valence-electron chi connectivity index (χ3n) is 2.93. The van der Waals surface area contributed by atoms with Gasteiger partial charge in [0.1, 0.15) is 12.1 Å². The Balaban J connectivity index is 1.95. The molecule has 20 heavy (non-hydrogen) atoms. The number of fused-ring (bicyclic) bond motifs is 1. The number of benzene rings is 2. The van der Waals surface area contributed by atoms with Gasteiger partial charge in [0.2, 0.25) is 0 Å². The number of nitrogens with one attached hydrogen (secondary N) is 1. The number of carbonyl (C=O) groups is 1. The van der Waals surface area contributed by atoms with Crippen molar-refractivity contribution in [2.75, 3.05) is 5.32 Å². The van der Waals surface area contributed by atoms with E-state index in [1.807, 2.05) is 24.3 Å². The number of hydrogen-bond acceptors (Lipinski definition) is 5. The zero-order chi connectivity index (χ0) is 13.9. The summed E-state index contributed by atoms with van der Waals surface area (Å²) in [5.41, 5.74) is 1.73. The maximum absolute atomic E-state index is 10.7. The first-order valence-corrected chi connectivity index (χ1v) is 6.02. The van der Waals surface area contributed by atoms with E-state index in [1.165, 1.54) is 18.5 Å². The number of nitrogens with zero attached hydrogens (tertiary/aromatic N) is 2. The average Bonchev–Trinajstić information content (AvgIpc) is 2.48. The second-order valence-corrected chi connectivity index (χ2v) is 4.23. The van der Waals surface area contributed by atoms with E-state index < -0.39 is 5.97 Å². The van der Waals surface area contributed by atoms with E-state index in [1.54, 1.807) is 12.1 Å². The highest BCUT2D eigenvalue weighted by atomic mass is 16.4. The summed E-state index contributed by atoms with van der Waals surface area (Å²) in [5.74, 6) is -0.513. The van der Waals surface area contributed by atoms with Gasteiger partial charge in [-0.1, -0.05) is 24.3 Å². The molecule has 0 unspecified atom stereocenters. The summed E-state index contributed by atoms with van der Waals surface area (Å²) in [5, 5.41) is 14.7. The largest absolute Gasteiger partial charge is 0.545 e. The van der Waals surface area contributed by atoms with Gasteiger partial charge in [0.05, 0.1) is 11.5 Å². The van der Waals surface area contributed by atoms with Crippen molar-refractivity contribution in [3.8, 4) is 0 Å². The van der Waals surface area contributed by atoms with Gasteiger partial charge in [0.25, 0.3) is 0 Å². The second-order valence-electron chi connectivity index (χ2n) is 4.23. The van der Waals surface area contributed by atoms with Crippen molar-refractivity contribution in [2.24, 2.45) is 0 Å². The van der Waals surface area contributed by atoms with Gasteiger partial charge in [0.15, 0.2) is 0 Å². The van der Waals surface area contributed by atoms with Gasteiger partial charge < -0.3 is 15.2 Å². The van der Waals surface area contributed by atoms with Crippen LogP contribution in [0, 0.1) is 0 Å². The molecule has 0 fully saturated rings. The van der Waals surface area contributed by atoms with Crippen molar-refractivity contribution in [1.82, 2.24) is 9.97 Å². The lowest BCUT2D eigenvalue weighted by molar-refractivity contribution is -0.255. The van der Waals surface area contributed by atoms with Gasteiger partial charge in [-0.25, -0.2) is 9.97 Å². The maximum Gasteiger partial charge on any atom is 0.141 e. The van der Waals surface area contributed by atoms with Crippen molar-refractivity contribution in [3.63, 3.8) is 0 Å². The Hall–Kier alpha value is -2.95. The van der Waals surface area contributed by atoms with Crippen LogP contribution in [0.3, 0.4) is 0 Å². The predicted octanol–water partition coefficient (Wildman–Crippen LogP) is 1.74. The van der Waals surface area contributed by atoms with Gasteiger partial charge in [-0.05, 0) is 29.8 Å². The third-order valence-corrected chi connectivity index (χ3v) is 2.93. The Morgan fingerprint density at radius 3 is 2.50 bits per heavy atom. The van der Waals surface area contributed by atoms with Gasteiger partial charge in [-0.15, -0.1) is 0 Å². The van der Waals surface area contributed by atoms with E-state index in [0.717, 1.165) is 16.6 Å². The first-order valence-electron chi connectivity index (χ1n) is 6.02. The van der Waals surface area contributed by atoms with Crippen molar-refractivity contribution < 1.29 is 9.90 Å². The van der Waals surface area contributed by atoms with Crippen LogP contribution in [-0.2, 0) is 0 Å². The van der Waals surface area contributed by atoms with Crippen LogP contribution in [0.2, 0.25) is 0 Å². The van der Waals surface area contributed by atoms with Crippen LogP contribution in [0.25, 0.3) is 10.9 Å². The minimum atomic E-state index is -1.19.